The summed E-state index contributed by atoms with van der Waals surface area (Å²) in [5.74, 6) is -2.23. The smallest absolute Gasteiger partial charge is 0.322 e. The Hall–Kier alpha value is -1.61. The molecule has 1 heterocycles. The van der Waals surface area contributed by atoms with E-state index in [4.69, 9.17) is 16.7 Å². The third kappa shape index (κ3) is 2.93. The van der Waals surface area contributed by atoms with E-state index in [0.29, 0.717) is 19.5 Å². The second kappa shape index (κ2) is 5.80. The molecular weight excluding hydrogens is 398 g/mol. The van der Waals surface area contributed by atoms with Crippen molar-refractivity contribution in [3.05, 3.63) is 32.5 Å². The summed E-state index contributed by atoms with van der Waals surface area (Å²) in [6.07, 6.45) is 0. The predicted molar refractivity (Wildman–Crippen MR) is 81.1 cm³/mol. The van der Waals surface area contributed by atoms with Crippen LogP contribution in [0.15, 0.2) is 18.2 Å². The Morgan fingerprint density at radius 2 is 2.10 bits per heavy atom. The van der Waals surface area contributed by atoms with Crippen molar-refractivity contribution in [3.63, 3.8) is 0 Å². The Kier molecular flexibility index (Phi) is 4.29. The number of aromatic hydroxyl groups is 1. The van der Waals surface area contributed by atoms with E-state index >= 15 is 0 Å². The molecule has 0 aliphatic carbocycles. The number of rotatable bonds is 3. The maximum atomic E-state index is 11.8. The molecule has 0 atom stereocenters. The summed E-state index contributed by atoms with van der Waals surface area (Å²) in [5.41, 5.74) is 0.214. The minimum Gasteiger partial charge on any atom is -0.504 e. The fourth-order valence-electron chi connectivity index (χ4n) is 1.59. The van der Waals surface area contributed by atoms with Gasteiger partial charge in [-0.15, -0.1) is 0 Å². The number of hydrogen-bond acceptors (Lipinski definition) is 4. The van der Waals surface area contributed by atoms with E-state index < -0.39 is 18.4 Å². The number of hydrogen-bond donors (Lipinski definition) is 3. The number of nitrogens with one attached hydrogen (secondary N) is 1. The molecule has 2 aromatic rings. The topological polar surface area (TPSA) is 99.5 Å². The predicted octanol–water partition coefficient (Wildman–Crippen LogP) is 2.01. The first-order valence-electron chi connectivity index (χ1n) is 5.38. The van der Waals surface area contributed by atoms with Crippen molar-refractivity contribution in [2.24, 2.45) is 0 Å². The molecule has 1 aromatic carbocycles. The summed E-state index contributed by atoms with van der Waals surface area (Å²) in [6, 6.07) is 4.90. The van der Waals surface area contributed by atoms with Gasteiger partial charge in [-0.05, 0) is 34.7 Å². The highest BCUT2D eigenvalue weighted by Crippen LogP contribution is 2.31. The Morgan fingerprint density at radius 3 is 2.75 bits per heavy atom. The maximum absolute atomic E-state index is 11.8. The van der Waals surface area contributed by atoms with Crippen LogP contribution in [-0.4, -0.2) is 33.6 Å². The third-order valence-corrected chi connectivity index (χ3v) is 3.80. The minimum absolute atomic E-state index is 0.231. The van der Waals surface area contributed by atoms with Gasteiger partial charge < -0.3 is 15.5 Å². The lowest BCUT2D eigenvalue weighted by Gasteiger charge is -2.09. The van der Waals surface area contributed by atoms with Gasteiger partial charge in [-0.3, -0.25) is 9.59 Å². The zero-order valence-corrected chi connectivity index (χ0v) is 12.8. The molecule has 1 aromatic heterocycles. The van der Waals surface area contributed by atoms with Crippen LogP contribution >= 0.6 is 34.2 Å². The van der Waals surface area contributed by atoms with Gasteiger partial charge in [0, 0.05) is 10.4 Å². The molecule has 104 valence electrons. The third-order valence-electron chi connectivity index (χ3n) is 2.48. The van der Waals surface area contributed by atoms with Gasteiger partial charge in [-0.1, -0.05) is 17.7 Å². The van der Waals surface area contributed by atoms with E-state index in [9.17, 15) is 14.7 Å². The fourth-order valence-corrected chi connectivity index (χ4v) is 2.46. The summed E-state index contributed by atoms with van der Waals surface area (Å²) in [7, 11) is 0. The van der Waals surface area contributed by atoms with Crippen LogP contribution in [0.5, 0.6) is 5.75 Å². The summed E-state index contributed by atoms with van der Waals surface area (Å²) in [6.45, 7) is -0.551. The van der Waals surface area contributed by atoms with Crippen LogP contribution in [0.2, 0.25) is 5.02 Å². The fraction of sp³-hybridized carbons (Fsp3) is 0.0833. The molecular formula is C12H8ClIN2O4. The number of carbonyl (C=O) groups excluding carboxylic acids is 1. The van der Waals surface area contributed by atoms with Crippen LogP contribution in [0.4, 0.5) is 0 Å². The maximum Gasteiger partial charge on any atom is 0.322 e. The normalized spacial score (nSPS) is 10.5. The van der Waals surface area contributed by atoms with Gasteiger partial charge in [-0.2, -0.15) is 0 Å². The molecule has 0 fully saturated rings. The van der Waals surface area contributed by atoms with Crippen LogP contribution in [0.1, 0.15) is 10.5 Å². The summed E-state index contributed by atoms with van der Waals surface area (Å²) < 4.78 is 0.449. The van der Waals surface area contributed by atoms with E-state index in [1.54, 1.807) is 18.2 Å². The van der Waals surface area contributed by atoms with Gasteiger partial charge in [-0.25, -0.2) is 4.98 Å². The first-order chi connectivity index (χ1) is 9.40. The molecule has 1 amide bonds. The molecule has 3 N–H and O–H groups in total. The lowest BCUT2D eigenvalue weighted by atomic mass is 10.2. The second-order valence-electron chi connectivity index (χ2n) is 3.86. The van der Waals surface area contributed by atoms with Gasteiger partial charge in [0.05, 0.1) is 9.09 Å². The van der Waals surface area contributed by atoms with Crippen molar-refractivity contribution in [1.29, 1.82) is 0 Å². The summed E-state index contributed by atoms with van der Waals surface area (Å²) in [5, 5.41) is 21.8. The molecule has 20 heavy (non-hydrogen) atoms. The molecule has 0 spiro atoms. The average molecular weight is 407 g/mol. The van der Waals surface area contributed by atoms with Crippen molar-refractivity contribution < 1.29 is 19.8 Å². The number of pyridine rings is 1. The van der Waals surface area contributed by atoms with Crippen LogP contribution in [0.25, 0.3) is 10.9 Å². The van der Waals surface area contributed by atoms with Gasteiger partial charge >= 0.3 is 5.97 Å². The average Bonchev–Trinajstić information content (AvgIpc) is 2.39. The Morgan fingerprint density at radius 1 is 1.40 bits per heavy atom. The Balaban J connectivity index is 2.50. The number of halogens is 2. The summed E-state index contributed by atoms with van der Waals surface area (Å²) >= 11 is 7.75. The van der Waals surface area contributed by atoms with Gasteiger partial charge in [0.2, 0.25) is 0 Å². The van der Waals surface area contributed by atoms with Crippen molar-refractivity contribution >= 4 is 57.0 Å². The molecule has 0 unspecified atom stereocenters. The van der Waals surface area contributed by atoms with E-state index in [2.05, 4.69) is 10.3 Å². The minimum atomic E-state index is -1.18. The van der Waals surface area contributed by atoms with Crippen LogP contribution in [0, 0.1) is 3.57 Å². The molecule has 0 radical (unpaired) electrons. The number of carboxylic acids is 1. The molecule has 8 heteroatoms. The first kappa shape index (κ1) is 14.8. The number of fused-ring (bicyclic) bond motifs is 1. The lowest BCUT2D eigenvalue weighted by molar-refractivity contribution is -0.135. The number of nitrogens with zero attached hydrogens (tertiary/aromatic N) is 1. The number of benzene rings is 1. The van der Waals surface area contributed by atoms with E-state index in [1.165, 1.54) is 0 Å². The van der Waals surface area contributed by atoms with Crippen LogP contribution in [-0.2, 0) is 4.79 Å². The van der Waals surface area contributed by atoms with Gasteiger partial charge in [0.25, 0.3) is 5.91 Å². The van der Waals surface area contributed by atoms with Gasteiger partial charge in [0.15, 0.2) is 11.4 Å². The van der Waals surface area contributed by atoms with Crippen molar-refractivity contribution in [3.8, 4) is 5.75 Å². The number of amides is 1. The van der Waals surface area contributed by atoms with Crippen LogP contribution in [0.3, 0.4) is 0 Å². The number of carbonyl (C=O) groups is 2. The highest BCUT2D eigenvalue weighted by Gasteiger charge is 2.19. The number of aromatic nitrogens is 1. The molecule has 0 aliphatic rings. The van der Waals surface area contributed by atoms with E-state index in [-0.39, 0.29) is 11.4 Å². The zero-order chi connectivity index (χ0) is 14.9. The quantitative estimate of drug-likeness (QED) is 0.677. The molecule has 6 nitrogen and oxygen atoms in total. The lowest BCUT2D eigenvalue weighted by Crippen LogP contribution is -2.30. The highest BCUT2D eigenvalue weighted by atomic mass is 127. The van der Waals surface area contributed by atoms with Crippen molar-refractivity contribution in [2.45, 2.75) is 0 Å². The number of aliphatic carboxylic acids is 1. The zero-order valence-electron chi connectivity index (χ0n) is 9.85. The Labute approximate surface area is 131 Å². The second-order valence-corrected chi connectivity index (χ2v) is 5.38. The summed E-state index contributed by atoms with van der Waals surface area (Å²) in [4.78, 5) is 26.3. The van der Waals surface area contributed by atoms with Crippen molar-refractivity contribution in [1.82, 2.24) is 10.3 Å². The monoisotopic (exact) mass is 406 g/mol. The first-order valence-corrected chi connectivity index (χ1v) is 6.83. The molecule has 2 rings (SSSR count). The molecule has 0 saturated heterocycles. The SMILES string of the molecule is O=C(O)CNC(=O)c1nc2cc(Cl)ccc2c(I)c1O. The van der Waals surface area contributed by atoms with Crippen molar-refractivity contribution in [2.75, 3.05) is 6.54 Å². The molecule has 0 saturated carbocycles. The highest BCUT2D eigenvalue weighted by molar-refractivity contribution is 14.1. The van der Waals surface area contributed by atoms with Crippen LogP contribution < -0.4 is 5.32 Å². The molecule has 0 aliphatic heterocycles. The van der Waals surface area contributed by atoms with E-state index in [1.807, 2.05) is 22.6 Å². The molecule has 0 bridgehead atoms. The Bertz CT molecular complexity index is 720. The van der Waals surface area contributed by atoms with E-state index in [0.717, 1.165) is 0 Å². The number of carboxylic acid groups (broad SMARTS) is 1. The largest absolute Gasteiger partial charge is 0.504 e. The standard InChI is InChI=1S/C12H8ClIN2O4/c13-5-1-2-6-7(3-5)16-10(11(19)9(6)14)12(20)15-4-8(17)18/h1-3,19H,4H2,(H,15,20)(H,17,18). The van der Waals surface area contributed by atoms with Gasteiger partial charge in [0.1, 0.15) is 6.54 Å².